The molecule has 1 amide bonds. The highest BCUT2D eigenvalue weighted by Gasteiger charge is 2.20. The van der Waals surface area contributed by atoms with Crippen LogP contribution in [0.15, 0.2) is 52.6 Å². The number of rotatable bonds is 6. The maximum atomic E-state index is 12.5. The molecule has 0 fully saturated rings. The van der Waals surface area contributed by atoms with Crippen LogP contribution in [-0.2, 0) is 34.4 Å². The fourth-order valence-electron chi connectivity index (χ4n) is 3.78. The highest BCUT2D eigenvalue weighted by Crippen LogP contribution is 2.32. The van der Waals surface area contributed by atoms with Crippen LogP contribution in [0.25, 0.3) is 10.8 Å². The third kappa shape index (κ3) is 4.74. The summed E-state index contributed by atoms with van der Waals surface area (Å²) in [7, 11) is 1.55. The lowest BCUT2D eigenvalue weighted by atomic mass is 10.1. The molecular formula is C25H24N4O4S. The van der Waals surface area contributed by atoms with E-state index in [-0.39, 0.29) is 24.5 Å². The molecule has 2 aromatic heterocycles. The molecule has 0 aliphatic rings. The molecular weight excluding hydrogens is 452 g/mol. The largest absolute Gasteiger partial charge is 0.459 e. The normalized spacial score (nSPS) is 10.9. The second-order valence-corrected chi connectivity index (χ2v) is 8.86. The Morgan fingerprint density at radius 2 is 1.85 bits per heavy atom. The van der Waals surface area contributed by atoms with Crippen LogP contribution in [0, 0.1) is 13.8 Å². The number of amides is 1. The molecule has 0 saturated heterocycles. The molecule has 0 saturated carbocycles. The standard InChI is InChI=1S/C25H24N4O4S/c1-15-9-10-22(16(2)11-15)29(17(3)30)25-26-18(14-34-25)13-33-23(31)12-21-19-7-5-6-8-20(19)24(32)28(4)27-21/h5-11,14H,12-13H2,1-4H3. The van der Waals surface area contributed by atoms with Gasteiger partial charge in [-0.15, -0.1) is 11.3 Å². The highest BCUT2D eigenvalue weighted by atomic mass is 32.1. The van der Waals surface area contributed by atoms with E-state index in [2.05, 4.69) is 10.1 Å². The number of thiazole rings is 1. The first-order valence-electron chi connectivity index (χ1n) is 10.7. The quantitative estimate of drug-likeness (QED) is 0.391. The highest BCUT2D eigenvalue weighted by molar-refractivity contribution is 7.14. The number of carbonyl (C=O) groups is 2. The second-order valence-electron chi connectivity index (χ2n) is 8.02. The van der Waals surface area contributed by atoms with E-state index < -0.39 is 5.97 Å². The summed E-state index contributed by atoms with van der Waals surface area (Å²) in [5.41, 5.74) is 3.64. The van der Waals surface area contributed by atoms with Gasteiger partial charge in [-0.1, -0.05) is 35.9 Å². The van der Waals surface area contributed by atoms with Gasteiger partial charge >= 0.3 is 5.97 Å². The fourth-order valence-corrected chi connectivity index (χ4v) is 4.64. The van der Waals surface area contributed by atoms with Crippen LogP contribution < -0.4 is 10.5 Å². The Hall–Kier alpha value is -3.85. The van der Waals surface area contributed by atoms with E-state index >= 15 is 0 Å². The summed E-state index contributed by atoms with van der Waals surface area (Å²) in [6.07, 6.45) is -0.0756. The molecule has 4 aromatic rings. The van der Waals surface area contributed by atoms with Gasteiger partial charge in [0, 0.05) is 24.7 Å². The van der Waals surface area contributed by atoms with Gasteiger partial charge < -0.3 is 4.74 Å². The minimum absolute atomic E-state index is 0.0301. The van der Waals surface area contributed by atoms with Crippen molar-refractivity contribution in [1.29, 1.82) is 0 Å². The number of aryl methyl sites for hydroxylation is 3. The summed E-state index contributed by atoms with van der Waals surface area (Å²) >= 11 is 1.31. The molecule has 34 heavy (non-hydrogen) atoms. The number of carbonyl (C=O) groups excluding carboxylic acids is 2. The Kier molecular flexibility index (Phi) is 6.56. The van der Waals surface area contributed by atoms with Gasteiger partial charge in [-0.2, -0.15) is 5.10 Å². The van der Waals surface area contributed by atoms with Crippen LogP contribution in [0.4, 0.5) is 10.8 Å². The number of ether oxygens (including phenoxy) is 1. The topological polar surface area (TPSA) is 94.4 Å². The predicted octanol–water partition coefficient (Wildman–Crippen LogP) is 3.98. The summed E-state index contributed by atoms with van der Waals surface area (Å²) in [6.45, 7) is 5.41. The van der Waals surface area contributed by atoms with Crippen molar-refractivity contribution >= 4 is 44.8 Å². The molecule has 0 radical (unpaired) electrons. The maximum absolute atomic E-state index is 12.5. The van der Waals surface area contributed by atoms with Crippen LogP contribution in [0.1, 0.15) is 29.4 Å². The average Bonchev–Trinajstić information content (AvgIpc) is 3.26. The molecule has 0 unspecified atom stereocenters. The van der Waals surface area contributed by atoms with E-state index in [0.29, 0.717) is 27.3 Å². The first-order valence-corrected chi connectivity index (χ1v) is 11.6. The zero-order valence-electron chi connectivity index (χ0n) is 19.4. The zero-order valence-corrected chi connectivity index (χ0v) is 20.2. The third-order valence-electron chi connectivity index (χ3n) is 5.36. The third-order valence-corrected chi connectivity index (χ3v) is 6.24. The fraction of sp³-hybridized carbons (Fsp3) is 0.240. The minimum Gasteiger partial charge on any atom is -0.459 e. The van der Waals surface area contributed by atoms with Crippen LogP contribution in [0.3, 0.4) is 0 Å². The predicted molar refractivity (Wildman–Crippen MR) is 131 cm³/mol. The van der Waals surface area contributed by atoms with Gasteiger partial charge in [0.2, 0.25) is 5.91 Å². The van der Waals surface area contributed by atoms with E-state index in [1.165, 1.54) is 22.9 Å². The van der Waals surface area contributed by atoms with Gasteiger partial charge in [-0.3, -0.25) is 19.3 Å². The summed E-state index contributed by atoms with van der Waals surface area (Å²) in [5, 5.41) is 7.64. The Morgan fingerprint density at radius 1 is 1.12 bits per heavy atom. The molecule has 0 aliphatic heterocycles. The smallest absolute Gasteiger partial charge is 0.312 e. The van der Waals surface area contributed by atoms with E-state index in [4.69, 9.17) is 4.74 Å². The SMILES string of the molecule is CC(=O)N(c1nc(COC(=O)Cc2nn(C)c(=O)c3ccccc23)cs1)c1ccc(C)cc1C. The first kappa shape index (κ1) is 23.3. The molecule has 0 N–H and O–H groups in total. The molecule has 0 atom stereocenters. The Labute approximate surface area is 200 Å². The molecule has 2 heterocycles. The molecule has 0 bridgehead atoms. The molecule has 0 spiro atoms. The molecule has 9 heteroatoms. The number of esters is 1. The van der Waals surface area contributed by atoms with Gasteiger partial charge in [0.15, 0.2) is 5.13 Å². The number of fused-ring (bicyclic) bond motifs is 1. The van der Waals surface area contributed by atoms with Crippen LogP contribution in [0.5, 0.6) is 0 Å². The van der Waals surface area contributed by atoms with Crippen molar-refractivity contribution in [2.24, 2.45) is 7.05 Å². The molecule has 0 aliphatic carbocycles. The summed E-state index contributed by atoms with van der Waals surface area (Å²) in [6, 6.07) is 12.9. The Morgan fingerprint density at radius 3 is 2.56 bits per heavy atom. The van der Waals surface area contributed by atoms with E-state index in [0.717, 1.165) is 16.8 Å². The molecule has 2 aromatic carbocycles. The first-order chi connectivity index (χ1) is 16.2. The van der Waals surface area contributed by atoms with Crippen molar-refractivity contribution in [1.82, 2.24) is 14.8 Å². The summed E-state index contributed by atoms with van der Waals surface area (Å²) < 4.78 is 6.65. The van der Waals surface area contributed by atoms with Crippen molar-refractivity contribution in [2.45, 2.75) is 33.8 Å². The van der Waals surface area contributed by atoms with Crippen molar-refractivity contribution in [3.63, 3.8) is 0 Å². The number of benzene rings is 2. The minimum atomic E-state index is -0.483. The number of aromatic nitrogens is 3. The number of hydrogen-bond acceptors (Lipinski definition) is 7. The van der Waals surface area contributed by atoms with Gasteiger partial charge in [0.25, 0.3) is 5.56 Å². The van der Waals surface area contributed by atoms with Crippen LogP contribution in [0.2, 0.25) is 0 Å². The van der Waals surface area contributed by atoms with Gasteiger partial charge in [0.1, 0.15) is 6.61 Å². The van der Waals surface area contributed by atoms with Crippen molar-refractivity contribution < 1.29 is 14.3 Å². The summed E-state index contributed by atoms with van der Waals surface area (Å²) in [5.74, 6) is -0.638. The molecule has 8 nitrogen and oxygen atoms in total. The Bertz CT molecular complexity index is 1460. The number of anilines is 2. The lowest BCUT2D eigenvalue weighted by Gasteiger charge is -2.20. The Balaban J connectivity index is 1.48. The van der Waals surface area contributed by atoms with Gasteiger partial charge in [-0.25, -0.2) is 9.67 Å². The van der Waals surface area contributed by atoms with E-state index in [1.54, 1.807) is 41.6 Å². The summed E-state index contributed by atoms with van der Waals surface area (Å²) in [4.78, 5) is 43.3. The van der Waals surface area contributed by atoms with E-state index in [1.807, 2.05) is 32.0 Å². The monoisotopic (exact) mass is 476 g/mol. The van der Waals surface area contributed by atoms with Crippen molar-refractivity contribution in [3.8, 4) is 0 Å². The van der Waals surface area contributed by atoms with Crippen molar-refractivity contribution in [2.75, 3.05) is 4.90 Å². The maximum Gasteiger partial charge on any atom is 0.312 e. The second kappa shape index (κ2) is 9.56. The molecule has 4 rings (SSSR count). The average molecular weight is 477 g/mol. The zero-order chi connectivity index (χ0) is 24.4. The lowest BCUT2D eigenvalue weighted by Crippen LogP contribution is -2.23. The lowest BCUT2D eigenvalue weighted by molar-refractivity contribution is -0.144. The van der Waals surface area contributed by atoms with Gasteiger partial charge in [-0.05, 0) is 31.5 Å². The van der Waals surface area contributed by atoms with Crippen molar-refractivity contribution in [3.05, 3.63) is 80.7 Å². The number of hydrogen-bond donors (Lipinski definition) is 0. The van der Waals surface area contributed by atoms with Gasteiger partial charge in [0.05, 0.1) is 28.9 Å². The molecule has 174 valence electrons. The van der Waals surface area contributed by atoms with Crippen LogP contribution >= 0.6 is 11.3 Å². The number of nitrogens with zero attached hydrogens (tertiary/aromatic N) is 4. The van der Waals surface area contributed by atoms with E-state index in [9.17, 15) is 14.4 Å². The van der Waals surface area contributed by atoms with Crippen LogP contribution in [-0.4, -0.2) is 26.6 Å².